The van der Waals surface area contributed by atoms with Crippen molar-refractivity contribution in [3.8, 4) is 11.8 Å². The first-order chi connectivity index (χ1) is 6.20. The van der Waals surface area contributed by atoms with Gasteiger partial charge in [-0.1, -0.05) is 17.7 Å². The lowest BCUT2D eigenvalue weighted by molar-refractivity contribution is 0.414. The summed E-state index contributed by atoms with van der Waals surface area (Å²) in [5, 5.41) is 9.13. The van der Waals surface area contributed by atoms with E-state index in [-0.39, 0.29) is 0 Å². The van der Waals surface area contributed by atoms with Crippen molar-refractivity contribution < 1.29 is 4.74 Å². The molecule has 13 heavy (non-hydrogen) atoms. The van der Waals surface area contributed by atoms with Crippen molar-refractivity contribution in [2.24, 2.45) is 0 Å². The molecule has 0 saturated heterocycles. The number of nitrogens with zero attached hydrogens (tertiary/aromatic N) is 1. The number of hydrogen-bond acceptors (Lipinski definition) is 2. The van der Waals surface area contributed by atoms with Crippen molar-refractivity contribution in [2.75, 3.05) is 7.11 Å². The highest BCUT2D eigenvalue weighted by molar-refractivity contribution is 6.33. The van der Waals surface area contributed by atoms with Crippen LogP contribution in [0.5, 0.6) is 5.75 Å². The van der Waals surface area contributed by atoms with E-state index in [0.29, 0.717) is 17.2 Å². The van der Waals surface area contributed by atoms with Crippen LogP contribution in [0.2, 0.25) is 5.02 Å². The van der Waals surface area contributed by atoms with Crippen molar-refractivity contribution in [3.05, 3.63) is 28.3 Å². The summed E-state index contributed by atoms with van der Waals surface area (Å²) in [5.74, 6) is 0.623. The van der Waals surface area contributed by atoms with Gasteiger partial charge in [0.2, 0.25) is 0 Å². The SMILES string of the molecule is COc1ccc(C)c(CC#N)c1Cl. The zero-order chi connectivity index (χ0) is 9.84. The van der Waals surface area contributed by atoms with E-state index >= 15 is 0 Å². The van der Waals surface area contributed by atoms with Gasteiger partial charge in [0.05, 0.1) is 24.6 Å². The molecule has 1 aromatic carbocycles. The molecule has 0 aliphatic heterocycles. The minimum Gasteiger partial charge on any atom is -0.495 e. The number of methoxy groups -OCH3 is 1. The molecule has 0 spiro atoms. The van der Waals surface area contributed by atoms with Gasteiger partial charge < -0.3 is 4.74 Å². The van der Waals surface area contributed by atoms with Crippen molar-refractivity contribution in [1.29, 1.82) is 5.26 Å². The van der Waals surface area contributed by atoms with Crippen LogP contribution < -0.4 is 4.74 Å². The fourth-order valence-electron chi connectivity index (χ4n) is 1.15. The van der Waals surface area contributed by atoms with Gasteiger partial charge in [-0.15, -0.1) is 0 Å². The zero-order valence-corrected chi connectivity index (χ0v) is 8.35. The van der Waals surface area contributed by atoms with Gasteiger partial charge in [0.15, 0.2) is 0 Å². The molecule has 0 bridgehead atoms. The zero-order valence-electron chi connectivity index (χ0n) is 7.60. The maximum absolute atomic E-state index is 8.58. The number of aryl methyl sites for hydroxylation is 1. The summed E-state index contributed by atoms with van der Waals surface area (Å²) in [6, 6.07) is 5.78. The lowest BCUT2D eigenvalue weighted by atomic mass is 10.1. The molecule has 2 nitrogen and oxygen atoms in total. The molecular weight excluding hydrogens is 186 g/mol. The molecule has 3 heteroatoms. The van der Waals surface area contributed by atoms with Gasteiger partial charge in [-0.2, -0.15) is 5.26 Å². The number of benzene rings is 1. The second-order valence-electron chi connectivity index (χ2n) is 2.71. The summed E-state index contributed by atoms with van der Waals surface area (Å²) in [4.78, 5) is 0. The van der Waals surface area contributed by atoms with Gasteiger partial charge in [-0.25, -0.2) is 0 Å². The van der Waals surface area contributed by atoms with Crippen LogP contribution in [0.1, 0.15) is 11.1 Å². The normalized spacial score (nSPS) is 9.38. The third kappa shape index (κ3) is 1.93. The number of nitriles is 1. The van der Waals surface area contributed by atoms with Gasteiger partial charge in [0.1, 0.15) is 5.75 Å². The Morgan fingerprint density at radius 3 is 2.77 bits per heavy atom. The molecule has 0 atom stereocenters. The average Bonchev–Trinajstić information content (AvgIpc) is 2.12. The fourth-order valence-corrected chi connectivity index (χ4v) is 1.51. The highest BCUT2D eigenvalue weighted by Gasteiger charge is 2.08. The summed E-state index contributed by atoms with van der Waals surface area (Å²) in [5.41, 5.74) is 1.87. The van der Waals surface area contributed by atoms with Gasteiger partial charge in [0, 0.05) is 0 Å². The molecule has 0 fully saturated rings. The van der Waals surface area contributed by atoms with Gasteiger partial charge in [-0.3, -0.25) is 0 Å². The molecule has 1 aromatic rings. The molecule has 0 aromatic heterocycles. The maximum atomic E-state index is 8.58. The monoisotopic (exact) mass is 195 g/mol. The number of halogens is 1. The van der Waals surface area contributed by atoms with Crippen molar-refractivity contribution in [3.63, 3.8) is 0 Å². The Kier molecular flexibility index (Phi) is 3.16. The molecule has 68 valence electrons. The van der Waals surface area contributed by atoms with Crippen LogP contribution in [-0.4, -0.2) is 7.11 Å². The summed E-state index contributed by atoms with van der Waals surface area (Å²) in [6.45, 7) is 1.93. The third-order valence-electron chi connectivity index (χ3n) is 1.92. The Balaban J connectivity index is 3.23. The molecule has 0 aliphatic carbocycles. The number of rotatable bonds is 2. The quantitative estimate of drug-likeness (QED) is 0.727. The highest BCUT2D eigenvalue weighted by Crippen LogP contribution is 2.30. The third-order valence-corrected chi connectivity index (χ3v) is 2.33. The van der Waals surface area contributed by atoms with Gasteiger partial charge >= 0.3 is 0 Å². The van der Waals surface area contributed by atoms with E-state index in [0.717, 1.165) is 11.1 Å². The minimum absolute atomic E-state index is 0.321. The Bertz CT molecular complexity index is 355. The van der Waals surface area contributed by atoms with Crippen molar-refractivity contribution in [1.82, 2.24) is 0 Å². The molecular formula is C10H10ClNO. The second-order valence-corrected chi connectivity index (χ2v) is 3.09. The van der Waals surface area contributed by atoms with Crippen LogP contribution >= 0.6 is 11.6 Å². The molecule has 0 radical (unpaired) electrons. The topological polar surface area (TPSA) is 33.0 Å². The van der Waals surface area contributed by atoms with Crippen molar-refractivity contribution in [2.45, 2.75) is 13.3 Å². The van der Waals surface area contributed by atoms with E-state index in [1.807, 2.05) is 13.0 Å². The minimum atomic E-state index is 0.321. The Morgan fingerprint density at radius 1 is 1.54 bits per heavy atom. The first kappa shape index (κ1) is 9.88. The Hall–Kier alpha value is -1.20. The first-order valence-corrected chi connectivity index (χ1v) is 4.27. The number of hydrogen-bond donors (Lipinski definition) is 0. The van der Waals surface area contributed by atoms with Gasteiger partial charge in [-0.05, 0) is 24.1 Å². The Labute approximate surface area is 82.7 Å². The lowest BCUT2D eigenvalue weighted by Gasteiger charge is -2.08. The van der Waals surface area contributed by atoms with E-state index in [1.54, 1.807) is 13.2 Å². The van der Waals surface area contributed by atoms with Crippen molar-refractivity contribution >= 4 is 11.6 Å². The van der Waals surface area contributed by atoms with Crippen LogP contribution in [-0.2, 0) is 6.42 Å². The molecule has 0 N–H and O–H groups in total. The molecule has 0 saturated carbocycles. The largest absolute Gasteiger partial charge is 0.495 e. The second kappa shape index (κ2) is 4.15. The van der Waals surface area contributed by atoms with E-state index < -0.39 is 0 Å². The maximum Gasteiger partial charge on any atom is 0.137 e. The smallest absolute Gasteiger partial charge is 0.137 e. The average molecular weight is 196 g/mol. The summed E-state index contributed by atoms with van der Waals surface area (Å²) in [6.07, 6.45) is 0.321. The van der Waals surface area contributed by atoms with E-state index in [1.165, 1.54) is 0 Å². The van der Waals surface area contributed by atoms with Crippen LogP contribution in [0.25, 0.3) is 0 Å². The standard InChI is InChI=1S/C10H10ClNO/c1-7-3-4-9(13-2)10(11)8(7)5-6-12/h3-4H,5H2,1-2H3. The molecule has 0 aliphatic rings. The van der Waals surface area contributed by atoms with Crippen LogP contribution in [0, 0.1) is 18.3 Å². The fraction of sp³-hybridized carbons (Fsp3) is 0.300. The molecule has 0 unspecified atom stereocenters. The van der Waals surface area contributed by atoms with E-state index in [2.05, 4.69) is 6.07 Å². The molecule has 0 amide bonds. The number of ether oxygens (including phenoxy) is 1. The first-order valence-electron chi connectivity index (χ1n) is 3.89. The molecule has 1 rings (SSSR count). The summed E-state index contributed by atoms with van der Waals surface area (Å²) >= 11 is 6.02. The highest BCUT2D eigenvalue weighted by atomic mass is 35.5. The predicted octanol–water partition coefficient (Wildman–Crippen LogP) is 2.72. The molecule has 0 heterocycles. The summed E-state index contributed by atoms with van der Waals surface area (Å²) < 4.78 is 5.05. The van der Waals surface area contributed by atoms with Crippen LogP contribution in [0.3, 0.4) is 0 Å². The Morgan fingerprint density at radius 2 is 2.23 bits per heavy atom. The summed E-state index contributed by atoms with van der Waals surface area (Å²) in [7, 11) is 1.56. The van der Waals surface area contributed by atoms with Gasteiger partial charge in [0.25, 0.3) is 0 Å². The van der Waals surface area contributed by atoms with E-state index in [9.17, 15) is 0 Å². The lowest BCUT2D eigenvalue weighted by Crippen LogP contribution is -1.93. The van der Waals surface area contributed by atoms with Crippen LogP contribution in [0.4, 0.5) is 0 Å². The van der Waals surface area contributed by atoms with E-state index in [4.69, 9.17) is 21.6 Å². The predicted molar refractivity (Wildman–Crippen MR) is 52.1 cm³/mol. The van der Waals surface area contributed by atoms with Crippen LogP contribution in [0.15, 0.2) is 12.1 Å².